The molecule has 2 nitrogen and oxygen atoms in total. The second-order valence-electron chi connectivity index (χ2n) is 3.99. The van der Waals surface area contributed by atoms with Gasteiger partial charge in [0.2, 0.25) is 0 Å². The van der Waals surface area contributed by atoms with Crippen LogP contribution in [0.1, 0.15) is 24.1 Å². The topological polar surface area (TPSA) is 43.1 Å². The van der Waals surface area contributed by atoms with Crippen molar-refractivity contribution in [1.82, 2.24) is 0 Å². The molecule has 1 heterocycles. The molecule has 0 bridgehead atoms. The Kier molecular flexibility index (Phi) is 2.99. The zero-order valence-corrected chi connectivity index (χ0v) is 8.93. The van der Waals surface area contributed by atoms with Crippen molar-refractivity contribution >= 4 is 17.1 Å². The van der Waals surface area contributed by atoms with Gasteiger partial charge >= 0.3 is 0 Å². The zero-order valence-electron chi connectivity index (χ0n) is 8.11. The highest BCUT2D eigenvalue weighted by molar-refractivity contribution is 7.10. The summed E-state index contributed by atoms with van der Waals surface area (Å²) in [6.07, 6.45) is 3.51. The van der Waals surface area contributed by atoms with E-state index in [-0.39, 0.29) is 12.0 Å². The fraction of sp³-hybridized carbons (Fsp3) is 0.545. The van der Waals surface area contributed by atoms with Crippen LogP contribution < -0.4 is 5.73 Å². The fourth-order valence-electron chi connectivity index (χ4n) is 2.04. The molecule has 1 aliphatic rings. The van der Waals surface area contributed by atoms with Crippen molar-refractivity contribution in [2.45, 2.75) is 31.7 Å². The number of ketones is 1. The van der Waals surface area contributed by atoms with Gasteiger partial charge in [0.25, 0.3) is 0 Å². The van der Waals surface area contributed by atoms with Gasteiger partial charge in [-0.2, -0.15) is 0 Å². The second-order valence-corrected chi connectivity index (χ2v) is 5.02. The number of hydrogen-bond acceptors (Lipinski definition) is 3. The molecule has 1 aliphatic carbocycles. The predicted octanol–water partition coefficient (Wildman–Crippen LogP) is 1.99. The van der Waals surface area contributed by atoms with E-state index >= 15 is 0 Å². The molecule has 0 amide bonds. The molecule has 1 fully saturated rings. The van der Waals surface area contributed by atoms with Crippen molar-refractivity contribution in [2.75, 3.05) is 0 Å². The van der Waals surface area contributed by atoms with Gasteiger partial charge < -0.3 is 5.73 Å². The quantitative estimate of drug-likeness (QED) is 0.827. The van der Waals surface area contributed by atoms with Gasteiger partial charge in [-0.3, -0.25) is 4.79 Å². The van der Waals surface area contributed by atoms with Gasteiger partial charge in [0.05, 0.1) is 0 Å². The molecule has 3 heteroatoms. The Morgan fingerprint density at radius 2 is 2.43 bits per heavy atom. The van der Waals surface area contributed by atoms with Crippen LogP contribution in [-0.2, 0) is 11.2 Å². The van der Waals surface area contributed by atoms with Gasteiger partial charge in [-0.05, 0) is 30.7 Å². The summed E-state index contributed by atoms with van der Waals surface area (Å²) in [6.45, 7) is 0. The van der Waals surface area contributed by atoms with Crippen LogP contribution in [0.15, 0.2) is 17.5 Å². The minimum Gasteiger partial charge on any atom is -0.328 e. The molecule has 2 unspecified atom stereocenters. The maximum absolute atomic E-state index is 11.8. The van der Waals surface area contributed by atoms with Gasteiger partial charge in [-0.15, -0.1) is 11.3 Å². The molecule has 14 heavy (non-hydrogen) atoms. The fourth-order valence-corrected chi connectivity index (χ4v) is 2.75. The van der Waals surface area contributed by atoms with Crippen LogP contribution in [0, 0.1) is 5.92 Å². The number of hydrogen-bond donors (Lipinski definition) is 1. The second kappa shape index (κ2) is 4.24. The van der Waals surface area contributed by atoms with Crippen LogP contribution in [0.25, 0.3) is 0 Å². The normalized spacial score (nSPS) is 26.6. The molecule has 2 rings (SSSR count). The smallest absolute Gasteiger partial charge is 0.141 e. The van der Waals surface area contributed by atoms with E-state index in [9.17, 15) is 4.79 Å². The van der Waals surface area contributed by atoms with E-state index < -0.39 is 0 Å². The average molecular weight is 209 g/mol. The van der Waals surface area contributed by atoms with E-state index in [0.29, 0.717) is 12.2 Å². The lowest BCUT2D eigenvalue weighted by atomic mass is 9.99. The number of nitrogens with two attached hydrogens (primary N) is 1. The highest BCUT2D eigenvalue weighted by Crippen LogP contribution is 2.26. The Balaban J connectivity index is 1.90. The van der Waals surface area contributed by atoms with Crippen LogP contribution >= 0.6 is 11.3 Å². The van der Waals surface area contributed by atoms with Gasteiger partial charge in [0, 0.05) is 23.3 Å². The third-order valence-corrected chi connectivity index (χ3v) is 3.73. The van der Waals surface area contributed by atoms with Gasteiger partial charge in [0.15, 0.2) is 0 Å². The molecule has 0 spiro atoms. The average Bonchev–Trinajstić information content (AvgIpc) is 2.75. The van der Waals surface area contributed by atoms with E-state index in [1.165, 1.54) is 4.88 Å². The Morgan fingerprint density at radius 3 is 3.00 bits per heavy atom. The Morgan fingerprint density at radius 1 is 1.57 bits per heavy atom. The summed E-state index contributed by atoms with van der Waals surface area (Å²) >= 11 is 1.66. The van der Waals surface area contributed by atoms with Crippen molar-refractivity contribution < 1.29 is 4.79 Å². The number of thiophene rings is 1. The summed E-state index contributed by atoms with van der Waals surface area (Å²) in [7, 11) is 0. The van der Waals surface area contributed by atoms with E-state index in [2.05, 4.69) is 0 Å². The molecule has 0 radical (unpaired) electrons. The van der Waals surface area contributed by atoms with Crippen molar-refractivity contribution in [3.8, 4) is 0 Å². The summed E-state index contributed by atoms with van der Waals surface area (Å²) in [5, 5.41) is 2.02. The van der Waals surface area contributed by atoms with Crippen molar-refractivity contribution in [3.63, 3.8) is 0 Å². The van der Waals surface area contributed by atoms with Crippen LogP contribution in [-0.4, -0.2) is 11.8 Å². The Hall–Kier alpha value is -0.670. The highest BCUT2D eigenvalue weighted by Gasteiger charge is 2.27. The molecular weight excluding hydrogens is 194 g/mol. The number of carbonyl (C=O) groups is 1. The number of Topliss-reactive ketones (excluding diaryl/α,β-unsaturated/α-hetero) is 1. The lowest BCUT2D eigenvalue weighted by Crippen LogP contribution is -2.18. The van der Waals surface area contributed by atoms with Crippen molar-refractivity contribution in [2.24, 2.45) is 11.7 Å². The molecule has 0 aromatic carbocycles. The summed E-state index contributed by atoms with van der Waals surface area (Å²) in [6, 6.07) is 4.28. The lowest BCUT2D eigenvalue weighted by Gasteiger charge is -2.06. The molecular formula is C11H15NOS. The molecule has 76 valence electrons. The van der Waals surface area contributed by atoms with E-state index in [1.54, 1.807) is 11.3 Å². The first-order chi connectivity index (χ1) is 6.75. The molecule has 1 aromatic heterocycles. The largest absolute Gasteiger partial charge is 0.328 e. The van der Waals surface area contributed by atoms with E-state index in [0.717, 1.165) is 19.3 Å². The van der Waals surface area contributed by atoms with Crippen LogP contribution in [0.2, 0.25) is 0 Å². The minimum atomic E-state index is 0.229. The maximum atomic E-state index is 11.8. The first kappa shape index (κ1) is 9.87. The van der Waals surface area contributed by atoms with Crippen LogP contribution in [0.4, 0.5) is 0 Å². The molecule has 2 N–H and O–H groups in total. The standard InChI is InChI=1S/C11H15NOS/c12-9-4-3-8(6-9)11(13)7-10-2-1-5-14-10/h1-2,5,8-9H,3-4,6-7,12H2. The summed E-state index contributed by atoms with van der Waals surface area (Å²) in [5.74, 6) is 0.604. The number of rotatable bonds is 3. The molecule has 0 aliphatic heterocycles. The first-order valence-corrected chi connectivity index (χ1v) is 5.94. The summed E-state index contributed by atoms with van der Waals surface area (Å²) in [5.41, 5.74) is 5.79. The third kappa shape index (κ3) is 2.22. The molecule has 0 saturated heterocycles. The van der Waals surface area contributed by atoms with E-state index in [4.69, 9.17) is 5.73 Å². The molecule has 1 aromatic rings. The van der Waals surface area contributed by atoms with Crippen molar-refractivity contribution in [1.29, 1.82) is 0 Å². The monoisotopic (exact) mass is 209 g/mol. The first-order valence-electron chi connectivity index (χ1n) is 5.06. The van der Waals surface area contributed by atoms with Gasteiger partial charge in [-0.1, -0.05) is 6.07 Å². The van der Waals surface area contributed by atoms with Crippen LogP contribution in [0.3, 0.4) is 0 Å². The third-order valence-electron chi connectivity index (χ3n) is 2.86. The predicted molar refractivity (Wildman–Crippen MR) is 58.3 cm³/mol. The highest BCUT2D eigenvalue weighted by atomic mass is 32.1. The van der Waals surface area contributed by atoms with Gasteiger partial charge in [0.1, 0.15) is 5.78 Å². The minimum absolute atomic E-state index is 0.229. The SMILES string of the molecule is NC1CCC(C(=O)Cc2cccs2)C1. The zero-order chi connectivity index (χ0) is 9.97. The lowest BCUT2D eigenvalue weighted by molar-refractivity contribution is -0.122. The molecule has 2 atom stereocenters. The van der Waals surface area contributed by atoms with Crippen molar-refractivity contribution in [3.05, 3.63) is 22.4 Å². The Bertz CT molecular complexity index is 307. The molecule has 1 saturated carbocycles. The Labute approximate surface area is 88.1 Å². The van der Waals surface area contributed by atoms with Gasteiger partial charge in [-0.25, -0.2) is 0 Å². The summed E-state index contributed by atoms with van der Waals surface area (Å²) in [4.78, 5) is 13.0. The summed E-state index contributed by atoms with van der Waals surface area (Å²) < 4.78 is 0. The van der Waals surface area contributed by atoms with Crippen LogP contribution in [0.5, 0.6) is 0 Å². The van der Waals surface area contributed by atoms with E-state index in [1.807, 2.05) is 17.5 Å². The maximum Gasteiger partial charge on any atom is 0.141 e. The number of carbonyl (C=O) groups excluding carboxylic acids is 1.